The largest absolute Gasteiger partial charge is 0.344 e. The van der Waals surface area contributed by atoms with E-state index in [1.54, 1.807) is 6.20 Å². The monoisotopic (exact) mass is 219 g/mol. The van der Waals surface area contributed by atoms with E-state index in [1.807, 2.05) is 30.8 Å². The molecule has 0 radical (unpaired) electrons. The number of hydrogen-bond acceptors (Lipinski definition) is 3. The van der Waals surface area contributed by atoms with E-state index in [0.29, 0.717) is 0 Å². The fourth-order valence-electron chi connectivity index (χ4n) is 1.11. The molecule has 2 unspecified atom stereocenters. The lowest BCUT2D eigenvalue weighted by atomic mass is 10.0. The molecule has 0 spiro atoms. The van der Waals surface area contributed by atoms with Crippen LogP contribution in [0.5, 0.6) is 0 Å². The van der Waals surface area contributed by atoms with Gasteiger partial charge in [-0.2, -0.15) is 5.26 Å². The van der Waals surface area contributed by atoms with Crippen molar-refractivity contribution in [2.45, 2.75) is 12.8 Å². The molecular weight excluding hydrogens is 205 g/mol. The molecule has 0 amide bonds. The van der Waals surface area contributed by atoms with Crippen LogP contribution in [-0.4, -0.2) is 12.0 Å². The molecule has 0 aromatic carbocycles. The molecule has 1 aromatic rings. The van der Waals surface area contributed by atoms with Gasteiger partial charge in [-0.05, 0) is 22.4 Å². The Morgan fingerprint density at radius 1 is 1.60 bits per heavy atom. The van der Waals surface area contributed by atoms with Crippen LogP contribution in [-0.2, 0) is 0 Å². The van der Waals surface area contributed by atoms with Crippen molar-refractivity contribution in [2.75, 3.05) is 11.7 Å². The van der Waals surface area contributed by atoms with Gasteiger partial charge >= 0.3 is 0 Å². The minimum absolute atomic E-state index is 0.119. The third kappa shape index (κ3) is 3.58. The van der Waals surface area contributed by atoms with Crippen LogP contribution in [0.25, 0.3) is 0 Å². The van der Waals surface area contributed by atoms with Gasteiger partial charge in [0.15, 0.2) is 0 Å². The zero-order chi connectivity index (χ0) is 11.8. The molecule has 1 aromatic heterocycles. The molecule has 1 rings (SSSR count). The van der Waals surface area contributed by atoms with E-state index < -0.39 is 0 Å². The van der Waals surface area contributed by atoms with Crippen molar-refractivity contribution in [1.29, 1.82) is 5.26 Å². The predicted molar refractivity (Wildman–Crippen MR) is 66.3 cm³/mol. The van der Waals surface area contributed by atoms with Gasteiger partial charge in [0, 0.05) is 18.8 Å². The topological polar surface area (TPSA) is 39.9 Å². The summed E-state index contributed by atoms with van der Waals surface area (Å²) in [4.78, 5) is 4.20. The van der Waals surface area contributed by atoms with Crippen LogP contribution < -0.4 is 4.67 Å². The summed E-state index contributed by atoms with van der Waals surface area (Å²) in [7, 11) is 4.42. The molecule has 15 heavy (non-hydrogen) atoms. The summed E-state index contributed by atoms with van der Waals surface area (Å²) < 4.78 is 1.84. The Morgan fingerprint density at radius 3 is 2.67 bits per heavy atom. The summed E-state index contributed by atoms with van der Waals surface area (Å²) in [5, 5.41) is 8.79. The van der Waals surface area contributed by atoms with Gasteiger partial charge < -0.3 is 4.67 Å². The van der Waals surface area contributed by atoms with Crippen LogP contribution in [0.3, 0.4) is 0 Å². The van der Waals surface area contributed by atoms with Crippen LogP contribution >= 0.6 is 9.39 Å². The van der Waals surface area contributed by atoms with Gasteiger partial charge in [0.1, 0.15) is 5.82 Å². The zero-order valence-electron chi connectivity index (χ0n) is 8.88. The summed E-state index contributed by atoms with van der Waals surface area (Å²) in [6.07, 6.45) is 9.73. The summed E-state index contributed by atoms with van der Waals surface area (Å²) in [6.45, 7) is 1.87. The molecule has 1 heterocycles. The highest BCUT2D eigenvalue weighted by molar-refractivity contribution is 7.19. The van der Waals surface area contributed by atoms with Crippen molar-refractivity contribution in [3.05, 3.63) is 23.9 Å². The maximum Gasteiger partial charge on any atom is 0.135 e. The van der Waals surface area contributed by atoms with E-state index in [9.17, 15) is 0 Å². The first kappa shape index (κ1) is 13.4. The van der Waals surface area contributed by atoms with Crippen LogP contribution in [0.1, 0.15) is 18.4 Å². The van der Waals surface area contributed by atoms with Crippen molar-refractivity contribution >= 4 is 15.2 Å². The van der Waals surface area contributed by atoms with Crippen molar-refractivity contribution in [3.63, 3.8) is 0 Å². The van der Waals surface area contributed by atoms with Crippen LogP contribution in [0, 0.1) is 24.2 Å². The molecule has 0 saturated carbocycles. The van der Waals surface area contributed by atoms with E-state index in [1.165, 1.54) is 0 Å². The first-order valence-corrected chi connectivity index (χ1v) is 4.84. The highest BCUT2D eigenvalue weighted by Gasteiger charge is 2.11. The summed E-state index contributed by atoms with van der Waals surface area (Å²) in [6, 6.07) is 5.98. The number of nitriles is 1. The van der Waals surface area contributed by atoms with Crippen LogP contribution in [0.15, 0.2) is 18.3 Å². The SMILES string of the molecule is C#C.CC(C#N)c1cccnc1N(C)P. The highest BCUT2D eigenvalue weighted by atomic mass is 31.0. The second kappa shape index (κ2) is 6.82. The molecule has 0 aliphatic carbocycles. The fraction of sp³-hybridized carbons (Fsp3) is 0.273. The van der Waals surface area contributed by atoms with Gasteiger partial charge in [0.05, 0.1) is 12.0 Å². The third-order valence-corrected chi connectivity index (χ3v) is 2.06. The third-order valence-electron chi connectivity index (χ3n) is 1.81. The first-order valence-electron chi connectivity index (χ1n) is 4.33. The Hall–Kier alpha value is -1.57. The normalized spacial score (nSPS) is 10.4. The number of hydrogen-bond donors (Lipinski definition) is 0. The molecule has 0 aliphatic rings. The molecular formula is C11H14N3P. The van der Waals surface area contributed by atoms with Gasteiger partial charge in [-0.3, -0.25) is 0 Å². The number of anilines is 1. The van der Waals surface area contributed by atoms with E-state index in [4.69, 9.17) is 5.26 Å². The van der Waals surface area contributed by atoms with Crippen molar-refractivity contribution < 1.29 is 0 Å². The molecule has 0 aliphatic heterocycles. The zero-order valence-corrected chi connectivity index (χ0v) is 10.0. The van der Waals surface area contributed by atoms with Gasteiger partial charge in [-0.15, -0.1) is 12.8 Å². The van der Waals surface area contributed by atoms with Gasteiger partial charge in [-0.1, -0.05) is 6.07 Å². The quantitative estimate of drug-likeness (QED) is 0.565. The minimum Gasteiger partial charge on any atom is -0.344 e. The Morgan fingerprint density at radius 2 is 2.20 bits per heavy atom. The molecule has 4 heteroatoms. The Bertz CT molecular complexity index is 366. The van der Waals surface area contributed by atoms with Gasteiger partial charge in [-0.25, -0.2) is 4.98 Å². The molecule has 0 bridgehead atoms. The summed E-state index contributed by atoms with van der Waals surface area (Å²) >= 11 is 0. The standard InChI is InChI=1S/C9H12N3P.C2H2/c1-7(6-10)8-4-3-5-11-9(8)12(2)13;1-2/h3-5,7H,13H2,1-2H3;1-2H. The van der Waals surface area contributed by atoms with Crippen LogP contribution in [0.4, 0.5) is 5.82 Å². The second-order valence-electron chi connectivity index (χ2n) is 2.88. The number of nitrogens with zero attached hydrogens (tertiary/aromatic N) is 3. The summed E-state index contributed by atoms with van der Waals surface area (Å²) in [5.74, 6) is 0.716. The van der Waals surface area contributed by atoms with Crippen molar-refractivity contribution in [1.82, 2.24) is 4.98 Å². The smallest absolute Gasteiger partial charge is 0.135 e. The fourth-order valence-corrected chi connectivity index (χ4v) is 1.33. The molecule has 0 saturated heterocycles. The number of rotatable bonds is 2. The average molecular weight is 219 g/mol. The predicted octanol–water partition coefficient (Wildman–Crippen LogP) is 2.18. The lowest BCUT2D eigenvalue weighted by Crippen LogP contribution is -2.07. The first-order chi connectivity index (χ1) is 7.16. The minimum atomic E-state index is -0.119. The molecule has 0 N–H and O–H groups in total. The summed E-state index contributed by atoms with van der Waals surface area (Å²) in [5.41, 5.74) is 0.961. The second-order valence-corrected chi connectivity index (χ2v) is 3.65. The average Bonchev–Trinajstić information content (AvgIpc) is 2.30. The maximum atomic E-state index is 8.79. The molecule has 2 atom stereocenters. The van der Waals surface area contributed by atoms with E-state index in [0.717, 1.165) is 11.4 Å². The lowest BCUT2D eigenvalue weighted by Gasteiger charge is -2.16. The van der Waals surface area contributed by atoms with Gasteiger partial charge in [0.25, 0.3) is 0 Å². The van der Waals surface area contributed by atoms with E-state index in [2.05, 4.69) is 33.3 Å². The molecule has 78 valence electrons. The molecule has 0 fully saturated rings. The number of pyridine rings is 1. The Balaban J connectivity index is 0.000000921. The maximum absolute atomic E-state index is 8.79. The van der Waals surface area contributed by atoms with Gasteiger partial charge in [0.2, 0.25) is 0 Å². The van der Waals surface area contributed by atoms with E-state index >= 15 is 0 Å². The van der Waals surface area contributed by atoms with Crippen LogP contribution in [0.2, 0.25) is 0 Å². The van der Waals surface area contributed by atoms with E-state index in [-0.39, 0.29) is 5.92 Å². The Labute approximate surface area is 93.4 Å². The number of terminal acetylenes is 1. The Kier molecular flexibility index (Phi) is 6.11. The lowest BCUT2D eigenvalue weighted by molar-refractivity contribution is 0.960. The highest BCUT2D eigenvalue weighted by Crippen LogP contribution is 2.25. The molecule has 3 nitrogen and oxygen atoms in total. The van der Waals surface area contributed by atoms with Crippen molar-refractivity contribution in [3.8, 4) is 18.9 Å². The van der Waals surface area contributed by atoms with Crippen molar-refractivity contribution in [2.24, 2.45) is 0 Å². The number of aromatic nitrogens is 1.